The molecule has 4 rings (SSSR count). The molecule has 1 aromatic carbocycles. The van der Waals surface area contributed by atoms with Crippen LogP contribution < -0.4 is 10.6 Å². The molecule has 3 aromatic rings. The predicted octanol–water partition coefficient (Wildman–Crippen LogP) is 4.23. The summed E-state index contributed by atoms with van der Waals surface area (Å²) >= 11 is 0. The number of fused-ring (bicyclic) bond motifs is 1. The highest BCUT2D eigenvalue weighted by molar-refractivity contribution is 5.74. The quantitative estimate of drug-likeness (QED) is 0.662. The minimum Gasteiger partial charge on any atom is -0.351 e. The zero-order valence-corrected chi connectivity index (χ0v) is 14.1. The van der Waals surface area contributed by atoms with Crippen molar-refractivity contribution in [3.8, 4) is 0 Å². The Morgan fingerprint density at radius 1 is 1.12 bits per heavy atom. The summed E-state index contributed by atoms with van der Waals surface area (Å²) in [5.74, 6) is 1.51. The monoisotopic (exact) mass is 340 g/mol. The predicted molar refractivity (Wildman–Crippen MR) is 96.4 cm³/mol. The number of hydrogen-bond donors (Lipinski definition) is 3. The first-order chi connectivity index (χ1) is 12.2. The number of anilines is 3. The van der Waals surface area contributed by atoms with E-state index in [4.69, 9.17) is 0 Å². The van der Waals surface area contributed by atoms with E-state index in [1.807, 2.05) is 0 Å². The van der Waals surface area contributed by atoms with Gasteiger partial charge in [0.25, 0.3) is 0 Å². The number of halogens is 1. The van der Waals surface area contributed by atoms with Crippen LogP contribution in [0.2, 0.25) is 0 Å². The first kappa shape index (κ1) is 15.8. The molecule has 130 valence electrons. The van der Waals surface area contributed by atoms with Crippen LogP contribution in [0.3, 0.4) is 0 Å². The SMILES string of the molecule is CC1CCC(Nc2ncc3[nH]c(Nc4ccccc4F)nc3n2)CC1. The lowest BCUT2D eigenvalue weighted by atomic mass is 9.87. The third kappa shape index (κ3) is 3.55. The van der Waals surface area contributed by atoms with Crippen LogP contribution in [0.5, 0.6) is 0 Å². The Morgan fingerprint density at radius 2 is 1.92 bits per heavy atom. The van der Waals surface area contributed by atoms with Crippen LogP contribution in [-0.4, -0.2) is 26.0 Å². The minimum absolute atomic E-state index is 0.331. The zero-order valence-electron chi connectivity index (χ0n) is 14.1. The molecule has 0 unspecified atom stereocenters. The van der Waals surface area contributed by atoms with E-state index in [0.29, 0.717) is 34.8 Å². The summed E-state index contributed by atoms with van der Waals surface area (Å²) in [7, 11) is 0. The van der Waals surface area contributed by atoms with Crippen molar-refractivity contribution in [2.75, 3.05) is 10.6 Å². The normalized spacial score (nSPS) is 20.6. The Kier molecular flexibility index (Phi) is 4.21. The molecule has 0 atom stereocenters. The summed E-state index contributed by atoms with van der Waals surface area (Å²) in [4.78, 5) is 16.3. The van der Waals surface area contributed by atoms with Crippen molar-refractivity contribution in [3.05, 3.63) is 36.3 Å². The molecule has 0 radical (unpaired) electrons. The average Bonchev–Trinajstić information content (AvgIpc) is 3.01. The molecule has 0 amide bonds. The number of nitrogens with one attached hydrogen (secondary N) is 3. The maximum atomic E-state index is 13.7. The second-order valence-electron chi connectivity index (χ2n) is 6.72. The smallest absolute Gasteiger partial charge is 0.225 e. The number of aromatic amines is 1. The summed E-state index contributed by atoms with van der Waals surface area (Å²) < 4.78 is 13.7. The van der Waals surface area contributed by atoms with Gasteiger partial charge in [-0.1, -0.05) is 19.1 Å². The van der Waals surface area contributed by atoms with Crippen molar-refractivity contribution in [3.63, 3.8) is 0 Å². The van der Waals surface area contributed by atoms with Crippen molar-refractivity contribution in [2.24, 2.45) is 5.92 Å². The molecule has 25 heavy (non-hydrogen) atoms. The van der Waals surface area contributed by atoms with E-state index in [1.54, 1.807) is 24.4 Å². The third-order valence-electron chi connectivity index (χ3n) is 4.72. The molecule has 0 aliphatic heterocycles. The Morgan fingerprint density at radius 3 is 2.72 bits per heavy atom. The average molecular weight is 340 g/mol. The van der Waals surface area contributed by atoms with E-state index in [9.17, 15) is 4.39 Å². The number of H-pyrrole nitrogens is 1. The molecular weight excluding hydrogens is 319 g/mol. The molecule has 1 fully saturated rings. The van der Waals surface area contributed by atoms with Gasteiger partial charge in [0, 0.05) is 6.04 Å². The fourth-order valence-corrected chi connectivity index (χ4v) is 3.21. The molecule has 6 nitrogen and oxygen atoms in total. The highest BCUT2D eigenvalue weighted by atomic mass is 19.1. The second-order valence-corrected chi connectivity index (χ2v) is 6.72. The van der Waals surface area contributed by atoms with Gasteiger partial charge in [0.1, 0.15) is 11.3 Å². The van der Waals surface area contributed by atoms with Crippen LogP contribution in [-0.2, 0) is 0 Å². The number of para-hydroxylation sites is 1. The van der Waals surface area contributed by atoms with Crippen molar-refractivity contribution < 1.29 is 4.39 Å². The van der Waals surface area contributed by atoms with Gasteiger partial charge in [0.05, 0.1) is 11.9 Å². The number of hydrogen-bond acceptors (Lipinski definition) is 5. The lowest BCUT2D eigenvalue weighted by Crippen LogP contribution is -2.26. The highest BCUT2D eigenvalue weighted by Crippen LogP contribution is 2.26. The van der Waals surface area contributed by atoms with Gasteiger partial charge in [-0.25, -0.2) is 9.37 Å². The maximum absolute atomic E-state index is 13.7. The van der Waals surface area contributed by atoms with E-state index >= 15 is 0 Å². The largest absolute Gasteiger partial charge is 0.351 e. The molecule has 1 aliphatic rings. The van der Waals surface area contributed by atoms with Crippen LogP contribution in [0.15, 0.2) is 30.5 Å². The van der Waals surface area contributed by atoms with Crippen LogP contribution in [0.25, 0.3) is 11.2 Å². The Labute approximate surface area is 145 Å². The Bertz CT molecular complexity index is 869. The van der Waals surface area contributed by atoms with Crippen LogP contribution in [0.4, 0.5) is 22.0 Å². The molecule has 0 saturated heterocycles. The molecule has 0 bridgehead atoms. The standard InChI is InChI=1S/C18H21FN6/c1-11-6-8-12(9-7-11)21-17-20-10-15-16(24-17)25-18(23-15)22-14-5-3-2-4-13(14)19/h2-5,10-12H,6-9H2,1H3,(H3,20,21,22,23,24,25). The molecule has 3 N–H and O–H groups in total. The molecule has 0 spiro atoms. The van der Waals surface area contributed by atoms with Crippen LogP contribution in [0, 0.1) is 11.7 Å². The topological polar surface area (TPSA) is 78.5 Å². The lowest BCUT2D eigenvalue weighted by molar-refractivity contribution is 0.360. The van der Waals surface area contributed by atoms with E-state index in [1.165, 1.54) is 18.9 Å². The van der Waals surface area contributed by atoms with Gasteiger partial charge < -0.3 is 15.6 Å². The molecule has 1 saturated carbocycles. The molecular formula is C18H21FN6. The number of nitrogens with zero attached hydrogens (tertiary/aromatic N) is 3. The second kappa shape index (κ2) is 6.66. The van der Waals surface area contributed by atoms with Gasteiger partial charge in [0.15, 0.2) is 5.65 Å². The summed E-state index contributed by atoms with van der Waals surface area (Å²) in [5, 5.41) is 6.34. The van der Waals surface area contributed by atoms with Crippen LogP contribution >= 0.6 is 0 Å². The molecule has 2 aromatic heterocycles. The van der Waals surface area contributed by atoms with Gasteiger partial charge >= 0.3 is 0 Å². The van der Waals surface area contributed by atoms with Crippen molar-refractivity contribution in [1.29, 1.82) is 0 Å². The summed E-state index contributed by atoms with van der Waals surface area (Å²) in [6.07, 6.45) is 6.46. The zero-order chi connectivity index (χ0) is 17.2. The third-order valence-corrected chi connectivity index (χ3v) is 4.72. The summed E-state index contributed by atoms with van der Waals surface area (Å²) in [5.41, 5.74) is 1.63. The van der Waals surface area contributed by atoms with Gasteiger partial charge in [0.2, 0.25) is 11.9 Å². The number of benzene rings is 1. The van der Waals surface area contributed by atoms with Crippen molar-refractivity contribution in [2.45, 2.75) is 38.6 Å². The van der Waals surface area contributed by atoms with Crippen LogP contribution in [0.1, 0.15) is 32.6 Å². The van der Waals surface area contributed by atoms with E-state index in [-0.39, 0.29) is 5.82 Å². The first-order valence-corrected chi connectivity index (χ1v) is 8.68. The fourth-order valence-electron chi connectivity index (χ4n) is 3.21. The van der Waals surface area contributed by atoms with Crippen molar-refractivity contribution >= 4 is 28.7 Å². The molecule has 2 heterocycles. The number of imidazole rings is 1. The van der Waals surface area contributed by atoms with Gasteiger partial charge in [-0.05, 0) is 43.7 Å². The van der Waals surface area contributed by atoms with Gasteiger partial charge in [-0.15, -0.1) is 0 Å². The molecule has 1 aliphatic carbocycles. The van der Waals surface area contributed by atoms with Crippen molar-refractivity contribution in [1.82, 2.24) is 19.9 Å². The minimum atomic E-state index is -0.331. The maximum Gasteiger partial charge on any atom is 0.225 e. The lowest BCUT2D eigenvalue weighted by Gasteiger charge is -2.26. The van der Waals surface area contributed by atoms with E-state index in [0.717, 1.165) is 18.8 Å². The highest BCUT2D eigenvalue weighted by Gasteiger charge is 2.19. The summed E-state index contributed by atoms with van der Waals surface area (Å²) in [6, 6.07) is 6.89. The van der Waals surface area contributed by atoms with E-state index < -0.39 is 0 Å². The fraction of sp³-hybridized carbons (Fsp3) is 0.389. The number of rotatable bonds is 4. The Balaban J connectivity index is 1.50. The first-order valence-electron chi connectivity index (χ1n) is 8.68. The molecule has 7 heteroatoms. The van der Waals surface area contributed by atoms with Gasteiger partial charge in [-0.3, -0.25) is 0 Å². The van der Waals surface area contributed by atoms with E-state index in [2.05, 4.69) is 37.5 Å². The number of aromatic nitrogens is 4. The summed E-state index contributed by atoms with van der Waals surface area (Å²) in [6.45, 7) is 2.30. The Hall–Kier alpha value is -2.70. The van der Waals surface area contributed by atoms with Gasteiger partial charge in [-0.2, -0.15) is 9.97 Å².